The van der Waals surface area contributed by atoms with E-state index in [0.717, 1.165) is 22.3 Å². The lowest BCUT2D eigenvalue weighted by atomic mass is 9.88. The molecule has 0 bridgehead atoms. The van der Waals surface area contributed by atoms with Gasteiger partial charge in [0.2, 0.25) is 0 Å². The Kier molecular flexibility index (Phi) is 7.82. The largest absolute Gasteiger partial charge is 0.419 e. The van der Waals surface area contributed by atoms with Crippen LogP contribution in [0.2, 0.25) is 5.02 Å². The number of aliphatic hydroxyl groups excluding tert-OH is 1. The van der Waals surface area contributed by atoms with E-state index in [1.165, 1.54) is 0 Å². The second-order valence-electron chi connectivity index (χ2n) is 8.66. The summed E-state index contributed by atoms with van der Waals surface area (Å²) in [6.07, 6.45) is -1.84. The van der Waals surface area contributed by atoms with Gasteiger partial charge < -0.3 is 10.2 Å². The summed E-state index contributed by atoms with van der Waals surface area (Å²) >= 11 is 5.93. The first-order chi connectivity index (χ1) is 17.1. The zero-order valence-electron chi connectivity index (χ0n) is 19.2. The smallest absolute Gasteiger partial charge is 0.388 e. The molecule has 0 unspecified atom stereocenters. The molecule has 1 aliphatic heterocycles. The molecular weight excluding hydrogens is 489 g/mol. The molecule has 2 N–H and O–H groups in total. The van der Waals surface area contributed by atoms with Crippen molar-refractivity contribution in [3.63, 3.8) is 0 Å². The van der Waals surface area contributed by atoms with Crippen molar-refractivity contribution < 1.29 is 23.4 Å². The zero-order valence-corrected chi connectivity index (χ0v) is 20.0. The number of likely N-dealkylation sites (tertiary alicyclic amines) is 1. The summed E-state index contributed by atoms with van der Waals surface area (Å²) < 4.78 is 39.0. The number of alkyl halides is 3. The van der Waals surface area contributed by atoms with Gasteiger partial charge in [-0.25, -0.2) is 4.98 Å². The lowest BCUT2D eigenvalue weighted by molar-refractivity contribution is -0.302. The van der Waals surface area contributed by atoms with Gasteiger partial charge in [-0.3, -0.25) is 4.90 Å². The van der Waals surface area contributed by atoms with E-state index in [4.69, 9.17) is 11.6 Å². The standard InChI is InChI=1S/C28H24ClF3N2O2/c29-24-11-8-22(9-12-24)23-10-14-25(33-18-23)13-7-21-5-3-20(4-6-21)2-1-16-34-17-15-27(36,26(35)19-34)28(30,31)32/h1-6,8-12,14,18,26,35-36H,15-17,19H2/t26-,27+/m1/s1. The molecule has 0 spiro atoms. The van der Waals surface area contributed by atoms with Gasteiger partial charge in [0, 0.05) is 48.4 Å². The lowest BCUT2D eigenvalue weighted by Crippen LogP contribution is -2.62. The fourth-order valence-corrected chi connectivity index (χ4v) is 4.04. The predicted octanol–water partition coefficient (Wildman–Crippen LogP) is 5.18. The van der Waals surface area contributed by atoms with Gasteiger partial charge in [0.25, 0.3) is 0 Å². The van der Waals surface area contributed by atoms with E-state index < -0.39 is 24.3 Å². The highest BCUT2D eigenvalue weighted by molar-refractivity contribution is 6.30. The zero-order chi connectivity index (χ0) is 25.8. The summed E-state index contributed by atoms with van der Waals surface area (Å²) in [6, 6.07) is 18.9. The third-order valence-corrected chi connectivity index (χ3v) is 6.39. The van der Waals surface area contributed by atoms with Gasteiger partial charge in [-0.05, 0) is 47.4 Å². The molecular formula is C28H24ClF3N2O2. The number of rotatable bonds is 4. The molecule has 8 heteroatoms. The van der Waals surface area contributed by atoms with Gasteiger partial charge in [-0.15, -0.1) is 0 Å². The van der Waals surface area contributed by atoms with Crippen molar-refractivity contribution in [2.75, 3.05) is 19.6 Å². The molecule has 36 heavy (non-hydrogen) atoms. The number of benzene rings is 2. The van der Waals surface area contributed by atoms with Gasteiger partial charge in [-0.2, -0.15) is 13.2 Å². The minimum absolute atomic E-state index is 0.0423. The van der Waals surface area contributed by atoms with Crippen LogP contribution in [-0.4, -0.2) is 57.6 Å². The highest BCUT2D eigenvalue weighted by Crippen LogP contribution is 2.38. The molecule has 0 amide bonds. The molecule has 0 radical (unpaired) electrons. The normalized spacial score (nSPS) is 20.8. The first kappa shape index (κ1) is 25.9. The van der Waals surface area contributed by atoms with E-state index in [1.807, 2.05) is 72.8 Å². The monoisotopic (exact) mass is 512 g/mol. The number of aromatic nitrogens is 1. The van der Waals surface area contributed by atoms with Gasteiger partial charge in [0.05, 0.1) is 0 Å². The summed E-state index contributed by atoms with van der Waals surface area (Å²) in [6.45, 7) is 0.161. The summed E-state index contributed by atoms with van der Waals surface area (Å²) in [5.74, 6) is 6.13. The lowest BCUT2D eigenvalue weighted by Gasteiger charge is -2.42. The number of hydrogen-bond acceptors (Lipinski definition) is 4. The number of piperidine rings is 1. The Morgan fingerprint density at radius 3 is 2.33 bits per heavy atom. The minimum atomic E-state index is -4.85. The molecule has 3 aromatic rings. The molecule has 1 fully saturated rings. The van der Waals surface area contributed by atoms with Crippen LogP contribution >= 0.6 is 11.6 Å². The van der Waals surface area contributed by atoms with Crippen molar-refractivity contribution in [1.82, 2.24) is 9.88 Å². The number of β-amino-alcohol motifs (C(OH)–C–C–N with tert-alkyl or cyclic N) is 1. The summed E-state index contributed by atoms with van der Waals surface area (Å²) in [7, 11) is 0. The molecule has 2 atom stereocenters. The van der Waals surface area contributed by atoms with Crippen LogP contribution in [0.3, 0.4) is 0 Å². The average molecular weight is 513 g/mol. The molecule has 186 valence electrons. The van der Waals surface area contributed by atoms with E-state index in [9.17, 15) is 23.4 Å². The number of aliphatic hydroxyl groups is 2. The van der Waals surface area contributed by atoms with Crippen LogP contribution in [0.25, 0.3) is 17.2 Å². The molecule has 1 saturated heterocycles. The molecule has 2 aromatic carbocycles. The van der Waals surface area contributed by atoms with Crippen molar-refractivity contribution in [3.05, 3.63) is 94.8 Å². The predicted molar refractivity (Wildman–Crippen MR) is 134 cm³/mol. The first-order valence-electron chi connectivity index (χ1n) is 11.3. The SMILES string of the molecule is O[C@@H]1CN(CC=Cc2ccc(C#Cc3ccc(-c4ccc(Cl)cc4)cn3)cc2)CC[C@@]1(O)C(F)(F)F. The molecule has 0 saturated carbocycles. The van der Waals surface area contributed by atoms with E-state index in [0.29, 0.717) is 17.3 Å². The van der Waals surface area contributed by atoms with Crippen molar-refractivity contribution in [2.24, 2.45) is 0 Å². The van der Waals surface area contributed by atoms with Crippen LogP contribution < -0.4 is 0 Å². The number of halogens is 4. The maximum absolute atomic E-state index is 13.0. The average Bonchev–Trinajstić information content (AvgIpc) is 2.86. The fourth-order valence-electron chi connectivity index (χ4n) is 3.91. The summed E-state index contributed by atoms with van der Waals surface area (Å²) in [5, 5.41) is 20.3. The highest BCUT2D eigenvalue weighted by atomic mass is 35.5. The first-order valence-corrected chi connectivity index (χ1v) is 11.7. The van der Waals surface area contributed by atoms with E-state index in [1.54, 1.807) is 11.1 Å². The maximum Gasteiger partial charge on any atom is 0.419 e. The second-order valence-corrected chi connectivity index (χ2v) is 9.10. The molecule has 1 aromatic heterocycles. The Balaban J connectivity index is 1.30. The van der Waals surface area contributed by atoms with E-state index in [2.05, 4.69) is 16.8 Å². The molecule has 4 nitrogen and oxygen atoms in total. The van der Waals surface area contributed by atoms with Crippen LogP contribution in [0.15, 0.2) is 72.9 Å². The number of pyridine rings is 1. The van der Waals surface area contributed by atoms with Crippen LogP contribution in [0.1, 0.15) is 23.2 Å². The Morgan fingerprint density at radius 2 is 1.72 bits per heavy atom. The minimum Gasteiger partial charge on any atom is -0.388 e. The fraction of sp³-hybridized carbons (Fsp3) is 0.250. The Bertz CT molecular complexity index is 1260. The van der Waals surface area contributed by atoms with Crippen LogP contribution in [0.5, 0.6) is 0 Å². The van der Waals surface area contributed by atoms with Gasteiger partial charge >= 0.3 is 6.18 Å². The Labute approximate surface area is 212 Å². The molecule has 4 rings (SSSR count). The van der Waals surface area contributed by atoms with E-state index in [-0.39, 0.29) is 13.1 Å². The van der Waals surface area contributed by atoms with Crippen molar-refractivity contribution in [1.29, 1.82) is 0 Å². The topological polar surface area (TPSA) is 56.6 Å². The van der Waals surface area contributed by atoms with Crippen molar-refractivity contribution in [2.45, 2.75) is 24.3 Å². The van der Waals surface area contributed by atoms with Crippen LogP contribution in [0, 0.1) is 11.8 Å². The third kappa shape index (κ3) is 6.15. The molecule has 1 aliphatic rings. The van der Waals surface area contributed by atoms with E-state index >= 15 is 0 Å². The van der Waals surface area contributed by atoms with Gasteiger partial charge in [0.1, 0.15) is 11.8 Å². The van der Waals surface area contributed by atoms with Gasteiger partial charge in [-0.1, -0.05) is 60.0 Å². The number of hydrogen-bond donors (Lipinski definition) is 2. The molecule has 0 aliphatic carbocycles. The Morgan fingerprint density at radius 1 is 1.03 bits per heavy atom. The summed E-state index contributed by atoms with van der Waals surface area (Å²) in [5.41, 5.74) is 1.34. The molecule has 2 heterocycles. The second kappa shape index (κ2) is 10.9. The van der Waals surface area contributed by atoms with Crippen LogP contribution in [0.4, 0.5) is 13.2 Å². The van der Waals surface area contributed by atoms with Crippen molar-refractivity contribution >= 4 is 17.7 Å². The highest BCUT2D eigenvalue weighted by Gasteiger charge is 2.59. The maximum atomic E-state index is 13.0. The quantitative estimate of drug-likeness (QED) is 0.473. The van der Waals surface area contributed by atoms with Crippen molar-refractivity contribution in [3.8, 4) is 23.0 Å². The number of nitrogens with zero attached hydrogens (tertiary/aromatic N) is 2. The third-order valence-electron chi connectivity index (χ3n) is 6.14. The van der Waals surface area contributed by atoms with Crippen LogP contribution in [-0.2, 0) is 0 Å². The summed E-state index contributed by atoms with van der Waals surface area (Å²) in [4.78, 5) is 6.08. The Hall–Kier alpha value is -3.15. The van der Waals surface area contributed by atoms with Gasteiger partial charge in [0.15, 0.2) is 5.60 Å².